The molecule has 0 amide bonds. The molecule has 1 fully saturated rings. The third kappa shape index (κ3) is 2.26. The first-order chi connectivity index (χ1) is 9.20. The number of likely N-dealkylation sites (tertiary alicyclic amines) is 1. The number of hydrogen-bond acceptors (Lipinski definition) is 1. The molecule has 1 aliphatic heterocycles. The van der Waals surface area contributed by atoms with Crippen LogP contribution in [0.3, 0.4) is 0 Å². The summed E-state index contributed by atoms with van der Waals surface area (Å²) < 4.78 is 0. The first-order valence-electron chi connectivity index (χ1n) is 6.65. The van der Waals surface area contributed by atoms with Crippen LogP contribution in [0.5, 0.6) is 0 Å². The van der Waals surface area contributed by atoms with Crippen molar-refractivity contribution < 1.29 is 0 Å². The van der Waals surface area contributed by atoms with E-state index in [9.17, 15) is 0 Å². The molecule has 1 heterocycles. The number of fused-ring (bicyclic) bond motifs is 5. The molecule has 3 rings (SSSR count). The predicted molar refractivity (Wildman–Crippen MR) is 83.7 cm³/mol. The summed E-state index contributed by atoms with van der Waals surface area (Å²) in [6.45, 7) is 5.46. The van der Waals surface area contributed by atoms with Gasteiger partial charge in [-0.25, -0.2) is 0 Å². The highest BCUT2D eigenvalue weighted by Crippen LogP contribution is 2.49. The second-order valence-electron chi connectivity index (χ2n) is 5.18. The number of hydrogen-bond donors (Lipinski definition) is 1. The maximum Gasteiger partial charge on any atom is 0.169 e. The van der Waals surface area contributed by atoms with E-state index in [1.54, 1.807) is 0 Å². The van der Waals surface area contributed by atoms with Crippen molar-refractivity contribution in [3.05, 3.63) is 47.0 Å². The monoisotopic (exact) mass is 292 g/mol. The van der Waals surface area contributed by atoms with Gasteiger partial charge in [-0.15, -0.1) is 6.58 Å². The zero-order valence-corrected chi connectivity index (χ0v) is 12.3. The Morgan fingerprint density at radius 1 is 1.53 bits per heavy atom. The number of nitrogens with one attached hydrogen (secondary N) is 1. The summed E-state index contributed by atoms with van der Waals surface area (Å²) in [5.74, 6) is 0.650. The first kappa shape index (κ1) is 12.9. The lowest BCUT2D eigenvalue weighted by Crippen LogP contribution is -2.43. The number of thiocarbonyl (C=S) groups is 1. The van der Waals surface area contributed by atoms with Gasteiger partial charge in [-0.1, -0.05) is 23.7 Å². The lowest BCUT2D eigenvalue weighted by atomic mass is 9.96. The van der Waals surface area contributed by atoms with Crippen LogP contribution in [-0.2, 0) is 0 Å². The van der Waals surface area contributed by atoms with E-state index in [4.69, 9.17) is 23.8 Å². The molecule has 4 heteroatoms. The Hall–Kier alpha value is -1.06. The van der Waals surface area contributed by atoms with Gasteiger partial charge < -0.3 is 10.2 Å². The van der Waals surface area contributed by atoms with Crippen molar-refractivity contribution in [2.75, 3.05) is 13.1 Å². The maximum atomic E-state index is 6.12. The number of benzene rings is 1. The zero-order valence-electron chi connectivity index (χ0n) is 10.7. The van der Waals surface area contributed by atoms with E-state index in [-0.39, 0.29) is 0 Å². The van der Waals surface area contributed by atoms with E-state index in [1.165, 1.54) is 11.1 Å². The van der Waals surface area contributed by atoms with Crippen LogP contribution in [0.15, 0.2) is 30.9 Å². The molecule has 0 saturated carbocycles. The van der Waals surface area contributed by atoms with Crippen LogP contribution in [0.4, 0.5) is 0 Å². The van der Waals surface area contributed by atoms with E-state index in [1.807, 2.05) is 12.1 Å². The van der Waals surface area contributed by atoms with Crippen LogP contribution in [0.25, 0.3) is 0 Å². The van der Waals surface area contributed by atoms with E-state index in [0.717, 1.165) is 36.1 Å². The minimum absolute atomic E-state index is 0.413. The lowest BCUT2D eigenvalue weighted by molar-refractivity contribution is 0.247. The topological polar surface area (TPSA) is 15.3 Å². The van der Waals surface area contributed by atoms with Gasteiger partial charge in [0, 0.05) is 18.1 Å². The van der Waals surface area contributed by atoms with Gasteiger partial charge in [0.05, 0.1) is 6.04 Å². The van der Waals surface area contributed by atoms with E-state index in [0.29, 0.717) is 12.0 Å². The van der Waals surface area contributed by atoms with Crippen LogP contribution < -0.4 is 5.32 Å². The normalized spacial score (nSPS) is 23.9. The largest absolute Gasteiger partial charge is 0.359 e. The van der Waals surface area contributed by atoms with E-state index >= 15 is 0 Å². The van der Waals surface area contributed by atoms with Crippen molar-refractivity contribution in [3.8, 4) is 0 Å². The van der Waals surface area contributed by atoms with Gasteiger partial charge in [-0.2, -0.15) is 0 Å². The van der Waals surface area contributed by atoms with Crippen LogP contribution >= 0.6 is 23.8 Å². The second-order valence-corrected chi connectivity index (χ2v) is 6.00. The molecule has 1 saturated heterocycles. The molecule has 1 aromatic rings. The van der Waals surface area contributed by atoms with Gasteiger partial charge >= 0.3 is 0 Å². The summed E-state index contributed by atoms with van der Waals surface area (Å²) >= 11 is 11.6. The van der Waals surface area contributed by atoms with Gasteiger partial charge in [0.15, 0.2) is 5.11 Å². The quantitative estimate of drug-likeness (QED) is 0.662. The smallest absolute Gasteiger partial charge is 0.169 e. The molecule has 1 unspecified atom stereocenters. The molecule has 1 aliphatic carbocycles. The average molecular weight is 293 g/mol. The molecule has 0 aromatic heterocycles. The molecule has 100 valence electrons. The second kappa shape index (κ2) is 5.14. The summed E-state index contributed by atoms with van der Waals surface area (Å²) in [5, 5.41) is 4.92. The van der Waals surface area contributed by atoms with Crippen molar-refractivity contribution in [1.82, 2.24) is 10.2 Å². The van der Waals surface area contributed by atoms with Crippen molar-refractivity contribution in [1.29, 1.82) is 0 Å². The minimum Gasteiger partial charge on any atom is -0.359 e. The molecule has 19 heavy (non-hydrogen) atoms. The number of piperidine rings is 1. The Morgan fingerprint density at radius 3 is 3.16 bits per heavy atom. The molecule has 2 nitrogen and oxygen atoms in total. The Morgan fingerprint density at radius 2 is 2.37 bits per heavy atom. The number of halogens is 1. The highest BCUT2D eigenvalue weighted by molar-refractivity contribution is 7.80. The van der Waals surface area contributed by atoms with Crippen molar-refractivity contribution in [3.63, 3.8) is 0 Å². The molecule has 0 spiro atoms. The molecule has 1 aromatic carbocycles. The first-order valence-corrected chi connectivity index (χ1v) is 7.44. The van der Waals surface area contributed by atoms with Crippen LogP contribution in [-0.4, -0.2) is 23.1 Å². The van der Waals surface area contributed by atoms with Crippen LogP contribution in [0, 0.1) is 0 Å². The summed E-state index contributed by atoms with van der Waals surface area (Å²) in [5.41, 5.74) is 2.82. The predicted octanol–water partition coefficient (Wildman–Crippen LogP) is 3.63. The van der Waals surface area contributed by atoms with Gasteiger partial charge in [0.25, 0.3) is 0 Å². The van der Waals surface area contributed by atoms with Crippen molar-refractivity contribution in [2.45, 2.75) is 24.8 Å². The number of rotatable bonds is 2. The van der Waals surface area contributed by atoms with E-state index in [2.05, 4.69) is 28.9 Å². The van der Waals surface area contributed by atoms with Gasteiger partial charge in [-0.3, -0.25) is 0 Å². The molecule has 2 atom stereocenters. The zero-order chi connectivity index (χ0) is 13.4. The molecule has 2 aliphatic rings. The maximum absolute atomic E-state index is 6.12. The Balaban J connectivity index is 1.86. The Labute approximate surface area is 124 Å². The van der Waals surface area contributed by atoms with Gasteiger partial charge in [-0.05, 0) is 54.2 Å². The summed E-state index contributed by atoms with van der Waals surface area (Å²) in [7, 11) is 0. The van der Waals surface area contributed by atoms with Crippen molar-refractivity contribution in [2.24, 2.45) is 0 Å². The standard InChI is InChI=1S/C15H17ClN2S/c1-2-6-17-15(19)18-7-5-10-8-14(18)12-4-3-11(16)9-13(10)12/h2-4,9-10,14H,1,5-8H2,(H,17,19)/t10?,14-/m1/s1. The van der Waals surface area contributed by atoms with Crippen LogP contribution in [0.1, 0.15) is 35.9 Å². The average Bonchev–Trinajstić information content (AvgIpc) is 2.69. The molecular formula is C15H17ClN2S. The summed E-state index contributed by atoms with van der Waals surface area (Å²) in [6.07, 6.45) is 4.15. The fourth-order valence-corrected chi connectivity index (χ4v) is 3.73. The fourth-order valence-electron chi connectivity index (χ4n) is 3.25. The Kier molecular flexibility index (Phi) is 3.50. The Bertz CT molecular complexity index is 529. The lowest BCUT2D eigenvalue weighted by Gasteiger charge is -2.35. The minimum atomic E-state index is 0.413. The third-order valence-electron chi connectivity index (χ3n) is 4.11. The highest BCUT2D eigenvalue weighted by atomic mass is 35.5. The highest BCUT2D eigenvalue weighted by Gasteiger charge is 2.39. The summed E-state index contributed by atoms with van der Waals surface area (Å²) in [4.78, 5) is 2.31. The van der Waals surface area contributed by atoms with E-state index < -0.39 is 0 Å². The van der Waals surface area contributed by atoms with Crippen LogP contribution in [0.2, 0.25) is 5.02 Å². The van der Waals surface area contributed by atoms with Crippen molar-refractivity contribution >= 4 is 28.9 Å². The molecule has 2 bridgehead atoms. The molecular weight excluding hydrogens is 276 g/mol. The molecule has 1 N–H and O–H groups in total. The number of nitrogens with zero attached hydrogens (tertiary/aromatic N) is 1. The fraction of sp³-hybridized carbons (Fsp3) is 0.400. The SMILES string of the molecule is C=CCNC(=S)N1CCC2C[C@@H]1c1ccc(Cl)cc12. The molecule has 0 radical (unpaired) electrons. The third-order valence-corrected chi connectivity index (χ3v) is 4.72. The van der Waals surface area contributed by atoms with Gasteiger partial charge in [0.2, 0.25) is 0 Å². The summed E-state index contributed by atoms with van der Waals surface area (Å²) in [6, 6.07) is 6.69. The van der Waals surface area contributed by atoms with Gasteiger partial charge in [0.1, 0.15) is 0 Å².